The predicted molar refractivity (Wildman–Crippen MR) is 82.6 cm³/mol. The monoisotopic (exact) mass is 321 g/mol. The number of nitrogens with one attached hydrogen (secondary N) is 1. The summed E-state index contributed by atoms with van der Waals surface area (Å²) < 4.78 is 0. The fraction of sp³-hybridized carbons (Fsp3) is 0.500. The number of aromatic carboxylic acids is 1. The Labute approximate surface area is 134 Å². The van der Waals surface area contributed by atoms with E-state index in [4.69, 9.17) is 0 Å². The number of benzene rings is 1. The van der Waals surface area contributed by atoms with E-state index in [1.165, 1.54) is 6.07 Å². The van der Waals surface area contributed by atoms with Crippen LogP contribution in [0.2, 0.25) is 0 Å². The van der Waals surface area contributed by atoms with E-state index in [1.54, 1.807) is 6.92 Å². The van der Waals surface area contributed by atoms with Crippen molar-refractivity contribution in [2.75, 3.05) is 0 Å². The first-order valence-corrected chi connectivity index (χ1v) is 7.49. The molecule has 2 unspecified atom stereocenters. The molecule has 2 atom stereocenters. The van der Waals surface area contributed by atoms with E-state index in [-0.39, 0.29) is 34.6 Å². The first kappa shape index (κ1) is 18.6. The summed E-state index contributed by atoms with van der Waals surface area (Å²) in [5, 5.41) is 24.8. The second-order valence-electron chi connectivity index (χ2n) is 5.81. The zero-order chi connectivity index (χ0) is 17.7. The molecule has 0 saturated heterocycles. The van der Waals surface area contributed by atoms with Crippen molar-refractivity contribution in [3.8, 4) is 0 Å². The van der Waals surface area contributed by atoms with Gasteiger partial charge in [0.25, 0.3) is 5.69 Å². The normalized spacial score (nSPS) is 13.4. The van der Waals surface area contributed by atoms with Gasteiger partial charge in [0.05, 0.1) is 22.5 Å². The third kappa shape index (κ3) is 4.51. The third-order valence-corrected chi connectivity index (χ3v) is 3.87. The first-order chi connectivity index (χ1) is 10.7. The van der Waals surface area contributed by atoms with Gasteiger partial charge in [-0.3, -0.25) is 14.9 Å². The topological polar surface area (TPSA) is 112 Å². The summed E-state index contributed by atoms with van der Waals surface area (Å²) >= 11 is 0. The van der Waals surface area contributed by atoms with Crippen LogP contribution in [0.15, 0.2) is 18.2 Å². The molecule has 1 rings (SSSR count). The van der Waals surface area contributed by atoms with Gasteiger partial charge in [-0.1, -0.05) is 20.8 Å². The number of nitrogens with zero attached hydrogens (tertiary/aromatic N) is 1. The highest BCUT2D eigenvalue weighted by atomic mass is 16.6. The van der Waals surface area contributed by atoms with E-state index < -0.39 is 16.9 Å². The van der Waals surface area contributed by atoms with Gasteiger partial charge in [0.15, 0.2) is 0 Å². The van der Waals surface area contributed by atoms with E-state index in [9.17, 15) is 24.8 Å². The SMILES string of the molecule is CCC(C(=O)NC(C)c1cc(C(=O)[O-])ccc1[N+](=O)[O-])C(C)C. The van der Waals surface area contributed by atoms with Crippen molar-refractivity contribution in [2.24, 2.45) is 11.8 Å². The zero-order valence-electron chi connectivity index (χ0n) is 13.7. The summed E-state index contributed by atoms with van der Waals surface area (Å²) in [5.41, 5.74) is -0.258. The summed E-state index contributed by atoms with van der Waals surface area (Å²) in [6.07, 6.45) is 0.650. The van der Waals surface area contributed by atoms with Crippen LogP contribution in [0.3, 0.4) is 0 Å². The highest BCUT2D eigenvalue weighted by Gasteiger charge is 2.25. The molecular weight excluding hydrogens is 300 g/mol. The van der Waals surface area contributed by atoms with Gasteiger partial charge in [0.2, 0.25) is 5.91 Å². The van der Waals surface area contributed by atoms with Gasteiger partial charge in [-0.25, -0.2) is 0 Å². The summed E-state index contributed by atoms with van der Waals surface area (Å²) in [6, 6.07) is 2.72. The molecule has 0 aliphatic heterocycles. The molecule has 0 bridgehead atoms. The molecule has 1 N–H and O–H groups in total. The standard InChI is InChI=1S/C16H22N2O5/c1-5-12(9(2)3)15(19)17-10(4)13-8-11(16(20)21)6-7-14(13)18(22)23/h6-10,12H,5H2,1-4H3,(H,17,19)(H,20,21)/p-1. The quantitative estimate of drug-likeness (QED) is 0.608. The molecule has 0 fully saturated rings. The summed E-state index contributed by atoms with van der Waals surface area (Å²) in [5.74, 6) is -1.70. The smallest absolute Gasteiger partial charge is 0.274 e. The van der Waals surface area contributed by atoms with Crippen LogP contribution in [0.1, 0.15) is 56.1 Å². The Kier molecular flexibility index (Phi) is 6.24. The number of carbonyl (C=O) groups excluding carboxylic acids is 2. The number of nitro groups is 1. The average Bonchev–Trinajstić information content (AvgIpc) is 2.46. The number of rotatable bonds is 7. The molecule has 0 radical (unpaired) electrons. The highest BCUT2D eigenvalue weighted by Crippen LogP contribution is 2.27. The molecular formula is C16H21N2O5-. The van der Waals surface area contributed by atoms with Crippen LogP contribution >= 0.6 is 0 Å². The van der Waals surface area contributed by atoms with E-state index in [1.807, 2.05) is 20.8 Å². The maximum atomic E-state index is 12.3. The molecule has 7 heteroatoms. The Morgan fingerprint density at radius 1 is 1.26 bits per heavy atom. The second-order valence-corrected chi connectivity index (χ2v) is 5.81. The van der Waals surface area contributed by atoms with Gasteiger partial charge in [-0.05, 0) is 37.0 Å². The fourth-order valence-corrected chi connectivity index (χ4v) is 2.55. The van der Waals surface area contributed by atoms with Crippen LogP contribution in [-0.2, 0) is 4.79 Å². The molecule has 126 valence electrons. The predicted octanol–water partition coefficient (Wildman–Crippen LogP) is 1.82. The van der Waals surface area contributed by atoms with Gasteiger partial charge < -0.3 is 15.2 Å². The minimum atomic E-state index is -1.42. The van der Waals surface area contributed by atoms with Crippen LogP contribution in [-0.4, -0.2) is 16.8 Å². The lowest BCUT2D eigenvalue weighted by molar-refractivity contribution is -0.385. The molecule has 1 amide bonds. The number of carbonyl (C=O) groups is 2. The molecule has 0 aromatic heterocycles. The molecule has 1 aromatic rings. The van der Waals surface area contributed by atoms with Crippen molar-refractivity contribution in [3.05, 3.63) is 39.4 Å². The Hall–Kier alpha value is -2.44. The van der Waals surface area contributed by atoms with Crippen LogP contribution < -0.4 is 10.4 Å². The van der Waals surface area contributed by atoms with Crippen molar-refractivity contribution in [1.82, 2.24) is 5.32 Å². The molecule has 0 spiro atoms. The van der Waals surface area contributed by atoms with Crippen molar-refractivity contribution in [2.45, 2.75) is 40.2 Å². The Bertz CT molecular complexity index is 612. The highest BCUT2D eigenvalue weighted by molar-refractivity contribution is 5.86. The van der Waals surface area contributed by atoms with Gasteiger partial charge in [0, 0.05) is 12.0 Å². The molecule has 0 aliphatic carbocycles. The summed E-state index contributed by atoms with van der Waals surface area (Å²) in [4.78, 5) is 33.8. The number of nitro benzene ring substituents is 1. The van der Waals surface area contributed by atoms with Crippen molar-refractivity contribution in [1.29, 1.82) is 0 Å². The maximum absolute atomic E-state index is 12.3. The molecule has 0 aliphatic rings. The maximum Gasteiger partial charge on any atom is 0.274 e. The number of carboxylic acids is 1. The Morgan fingerprint density at radius 3 is 2.30 bits per heavy atom. The molecule has 7 nitrogen and oxygen atoms in total. The zero-order valence-corrected chi connectivity index (χ0v) is 13.7. The van der Waals surface area contributed by atoms with Gasteiger partial charge in [-0.15, -0.1) is 0 Å². The number of hydrogen-bond acceptors (Lipinski definition) is 5. The summed E-state index contributed by atoms with van der Waals surface area (Å²) in [6.45, 7) is 7.34. The van der Waals surface area contributed by atoms with Crippen LogP contribution in [0.5, 0.6) is 0 Å². The lowest BCUT2D eigenvalue weighted by Gasteiger charge is -2.22. The minimum absolute atomic E-state index is 0.136. The van der Waals surface area contributed by atoms with Crippen LogP contribution in [0.4, 0.5) is 5.69 Å². The van der Waals surface area contributed by atoms with E-state index in [0.717, 1.165) is 12.1 Å². The molecule has 0 saturated carbocycles. The lowest BCUT2D eigenvalue weighted by Crippen LogP contribution is -2.35. The van der Waals surface area contributed by atoms with E-state index in [2.05, 4.69) is 5.32 Å². The lowest BCUT2D eigenvalue weighted by atomic mass is 9.91. The van der Waals surface area contributed by atoms with E-state index >= 15 is 0 Å². The van der Waals surface area contributed by atoms with Crippen molar-refractivity contribution >= 4 is 17.6 Å². The average molecular weight is 321 g/mol. The minimum Gasteiger partial charge on any atom is -0.545 e. The van der Waals surface area contributed by atoms with E-state index in [0.29, 0.717) is 6.42 Å². The Balaban J connectivity index is 3.12. The number of hydrogen-bond donors (Lipinski definition) is 1. The van der Waals surface area contributed by atoms with Gasteiger partial charge >= 0.3 is 0 Å². The third-order valence-electron chi connectivity index (χ3n) is 3.87. The largest absolute Gasteiger partial charge is 0.545 e. The van der Waals surface area contributed by atoms with Gasteiger partial charge in [0.1, 0.15) is 0 Å². The fourth-order valence-electron chi connectivity index (χ4n) is 2.55. The van der Waals surface area contributed by atoms with Crippen LogP contribution in [0, 0.1) is 22.0 Å². The van der Waals surface area contributed by atoms with Gasteiger partial charge in [-0.2, -0.15) is 0 Å². The first-order valence-electron chi connectivity index (χ1n) is 7.49. The van der Waals surface area contributed by atoms with Crippen molar-refractivity contribution in [3.63, 3.8) is 0 Å². The van der Waals surface area contributed by atoms with Crippen LogP contribution in [0.25, 0.3) is 0 Å². The second kappa shape index (κ2) is 7.71. The molecule has 1 aromatic carbocycles. The van der Waals surface area contributed by atoms with Crippen molar-refractivity contribution < 1.29 is 19.6 Å². The summed E-state index contributed by atoms with van der Waals surface area (Å²) in [7, 11) is 0. The molecule has 23 heavy (non-hydrogen) atoms. The molecule has 0 heterocycles. The number of carboxylic acid groups (broad SMARTS) is 1. The Morgan fingerprint density at radius 2 is 1.87 bits per heavy atom. The number of amides is 1.